The molecule has 0 spiro atoms. The van der Waals surface area contributed by atoms with Crippen LogP contribution in [0.4, 0.5) is 4.79 Å². The molecule has 0 aromatic heterocycles. The van der Waals surface area contributed by atoms with Gasteiger partial charge in [-0.2, -0.15) is 0 Å². The van der Waals surface area contributed by atoms with Gasteiger partial charge >= 0.3 is 18.0 Å². The molecule has 1 rings (SSSR count). The van der Waals surface area contributed by atoms with Gasteiger partial charge in [0.15, 0.2) is 5.78 Å². The molecule has 46 heavy (non-hydrogen) atoms. The van der Waals surface area contributed by atoms with Gasteiger partial charge in [-0.05, 0) is 31.9 Å². The smallest absolute Gasteiger partial charge is 0.405 e. The predicted octanol–water partition coefficient (Wildman–Crippen LogP) is 3.21. The summed E-state index contributed by atoms with van der Waals surface area (Å²) in [5.41, 5.74) is 5.83. The monoisotopic (exact) mass is 687 g/mol. The normalized spacial score (nSPS) is 23.5. The molecule has 9 atom stereocenters. The summed E-state index contributed by atoms with van der Waals surface area (Å²) < 4.78 is 10.0. The number of hydrogen-bond donors (Lipinski definition) is 6. The summed E-state index contributed by atoms with van der Waals surface area (Å²) >= 11 is 12.4. The number of aliphatic carboxylic acids is 1. The third-order valence-electron chi connectivity index (χ3n) is 7.02. The van der Waals surface area contributed by atoms with E-state index in [9.17, 15) is 39.6 Å². The Labute approximate surface area is 278 Å². The number of nitrogens with two attached hydrogens (primary N) is 1. The lowest BCUT2D eigenvalue weighted by Crippen LogP contribution is -2.43. The van der Waals surface area contributed by atoms with E-state index >= 15 is 0 Å². The average molecular weight is 689 g/mol. The van der Waals surface area contributed by atoms with Crippen LogP contribution >= 0.6 is 23.2 Å². The summed E-state index contributed by atoms with van der Waals surface area (Å²) in [4.78, 5) is 46.7. The lowest BCUT2D eigenvalue weighted by molar-refractivity contribution is -0.148. The van der Waals surface area contributed by atoms with Crippen LogP contribution in [-0.4, -0.2) is 91.3 Å². The van der Waals surface area contributed by atoms with Crippen molar-refractivity contribution in [1.29, 1.82) is 0 Å². The van der Waals surface area contributed by atoms with E-state index in [1.807, 2.05) is 6.92 Å². The highest BCUT2D eigenvalue weighted by Crippen LogP contribution is 2.29. The van der Waals surface area contributed by atoms with Crippen molar-refractivity contribution in [3.63, 3.8) is 0 Å². The highest BCUT2D eigenvalue weighted by molar-refractivity contribution is 6.30. The number of carboxylic acids is 1. The molecule has 0 radical (unpaired) electrons. The van der Waals surface area contributed by atoms with Crippen molar-refractivity contribution in [2.24, 2.45) is 17.6 Å². The van der Waals surface area contributed by atoms with Crippen LogP contribution in [0.15, 0.2) is 71.4 Å². The van der Waals surface area contributed by atoms with E-state index in [0.717, 1.165) is 11.6 Å². The highest BCUT2D eigenvalue weighted by Gasteiger charge is 2.39. The molecule has 7 N–H and O–H groups in total. The maximum Gasteiger partial charge on any atom is 0.405 e. The number of rotatable bonds is 18. The summed E-state index contributed by atoms with van der Waals surface area (Å²) in [7, 11) is 0. The number of Topliss-reactive ketones (excluding diaryl/α,β-unsaturated/α-hetero) is 1. The fraction of sp³-hybridized carbons (Fsp3) is 0.500. The molecule has 1 saturated carbocycles. The SMILES string of the molecule is CC/C=C/[C@@H](OC(N)=O)[C@@H](Cl)[C@H](O)CC(=O)[C@@H](O)[C@H](O)[C@H](C)/C(Cl)=C/C=C/C=C(C)/C=C/C=C/C(=O)O[C@@H]1C[C@@H](C(=O)O)C[C@@H]1O. The zero-order valence-corrected chi connectivity index (χ0v) is 27.3. The number of carboxylic acid groups (broad SMARTS) is 1. The van der Waals surface area contributed by atoms with Crippen LogP contribution in [0.5, 0.6) is 0 Å². The van der Waals surface area contributed by atoms with Crippen molar-refractivity contribution < 1.29 is 54.2 Å². The Hall–Kier alpha value is -3.26. The number of ether oxygens (including phenoxy) is 2. The van der Waals surface area contributed by atoms with E-state index in [1.54, 1.807) is 43.4 Å². The second-order valence-corrected chi connectivity index (χ2v) is 11.7. The molecule has 0 saturated heterocycles. The maximum atomic E-state index is 12.6. The molecule has 0 aliphatic heterocycles. The molecule has 12 nitrogen and oxygen atoms in total. The molecular formula is C32H43Cl2NO11. The second-order valence-electron chi connectivity index (χ2n) is 10.8. The molecule has 0 unspecified atom stereocenters. The highest BCUT2D eigenvalue weighted by atomic mass is 35.5. The lowest BCUT2D eigenvalue weighted by atomic mass is 9.93. The van der Waals surface area contributed by atoms with Crippen LogP contribution in [0.1, 0.15) is 46.5 Å². The number of aliphatic hydroxyl groups excluding tert-OH is 4. The third-order valence-corrected chi connectivity index (χ3v) is 8.03. The number of esters is 1. The number of amides is 1. The number of halogens is 2. The van der Waals surface area contributed by atoms with Crippen molar-refractivity contribution in [2.75, 3.05) is 0 Å². The Balaban J connectivity index is 2.64. The fourth-order valence-corrected chi connectivity index (χ4v) is 4.72. The van der Waals surface area contributed by atoms with E-state index in [2.05, 4.69) is 0 Å². The fourth-order valence-electron chi connectivity index (χ4n) is 4.30. The zero-order chi connectivity index (χ0) is 35.0. The third kappa shape index (κ3) is 14.4. The average Bonchev–Trinajstić information content (AvgIpc) is 3.37. The first-order chi connectivity index (χ1) is 21.6. The Bertz CT molecular complexity index is 1230. The summed E-state index contributed by atoms with van der Waals surface area (Å²) in [5.74, 6) is -4.25. The van der Waals surface area contributed by atoms with Gasteiger partial charge in [0.1, 0.15) is 23.7 Å². The van der Waals surface area contributed by atoms with Gasteiger partial charge in [-0.15, -0.1) is 11.6 Å². The standard InChI is InChI=1S/C32H43Cl2NO11/c1-4-5-13-25(46-32(35)44)28(34)23(37)17-24(38)30(41)29(40)19(3)21(33)12-8-6-10-18(2)11-7-9-14-27(39)45-26-16-20(31(42)43)15-22(26)36/h5-14,19-20,22-23,25-26,28-30,36-37,40-41H,4,15-17H2,1-3H3,(H2,35,44)(H,42,43)/b8-6+,11-7+,13-5+,14-9+,18-10+,21-12-/t19-,20+,22+,23-,25-,26-,28+,29-,30-/m1/s1. The molecule has 0 bridgehead atoms. The van der Waals surface area contributed by atoms with Crippen molar-refractivity contribution >= 4 is 47.0 Å². The first-order valence-corrected chi connectivity index (χ1v) is 15.4. The number of carbonyl (C=O) groups is 4. The van der Waals surface area contributed by atoms with E-state index in [-0.39, 0.29) is 17.9 Å². The number of hydrogen-bond acceptors (Lipinski definition) is 10. The summed E-state index contributed by atoms with van der Waals surface area (Å²) in [5, 5.41) is 49.1. The Morgan fingerprint density at radius 1 is 1.02 bits per heavy atom. The number of carbonyl (C=O) groups excluding carboxylic acids is 3. The van der Waals surface area contributed by atoms with E-state index in [0.29, 0.717) is 6.42 Å². The van der Waals surface area contributed by atoms with E-state index in [4.69, 9.17) is 43.5 Å². The summed E-state index contributed by atoms with van der Waals surface area (Å²) in [6.07, 6.45) is 6.27. The minimum atomic E-state index is -1.89. The van der Waals surface area contributed by atoms with E-state index < -0.39 is 84.1 Å². The summed E-state index contributed by atoms with van der Waals surface area (Å²) in [6, 6.07) is 0. The first-order valence-electron chi connectivity index (χ1n) is 14.6. The molecule has 256 valence electrons. The van der Waals surface area contributed by atoms with Gasteiger partial charge in [-0.25, -0.2) is 9.59 Å². The molecule has 1 aliphatic rings. The minimum Gasteiger partial charge on any atom is -0.481 e. The van der Waals surface area contributed by atoms with Crippen molar-refractivity contribution in [3.8, 4) is 0 Å². The van der Waals surface area contributed by atoms with Crippen LogP contribution in [0.25, 0.3) is 0 Å². The molecule has 14 heteroatoms. The van der Waals surface area contributed by atoms with Crippen LogP contribution in [0, 0.1) is 11.8 Å². The quantitative estimate of drug-likeness (QED) is 0.0404. The number of alkyl halides is 1. The van der Waals surface area contributed by atoms with Crippen LogP contribution in [-0.2, 0) is 23.9 Å². The first kappa shape index (κ1) is 40.8. The molecule has 1 fully saturated rings. The number of allylic oxidation sites excluding steroid dienone is 9. The van der Waals surface area contributed by atoms with Crippen molar-refractivity contribution in [1.82, 2.24) is 0 Å². The van der Waals surface area contributed by atoms with Gasteiger partial charge < -0.3 is 40.7 Å². The Morgan fingerprint density at radius 2 is 1.65 bits per heavy atom. The lowest BCUT2D eigenvalue weighted by Gasteiger charge is -2.26. The van der Waals surface area contributed by atoms with Gasteiger partial charge in [0.2, 0.25) is 0 Å². The molecule has 0 aromatic carbocycles. The Kier molecular flexibility index (Phi) is 18.4. The van der Waals surface area contributed by atoms with Gasteiger partial charge in [0, 0.05) is 29.9 Å². The summed E-state index contributed by atoms with van der Waals surface area (Å²) in [6.45, 7) is 5.11. The maximum absolute atomic E-state index is 12.6. The van der Waals surface area contributed by atoms with Crippen LogP contribution in [0.3, 0.4) is 0 Å². The van der Waals surface area contributed by atoms with Crippen LogP contribution < -0.4 is 5.73 Å². The van der Waals surface area contributed by atoms with Gasteiger partial charge in [0.25, 0.3) is 0 Å². The van der Waals surface area contributed by atoms with Crippen molar-refractivity contribution in [2.45, 2.75) is 88.5 Å². The number of aliphatic hydroxyl groups is 4. The zero-order valence-electron chi connectivity index (χ0n) is 25.8. The molecule has 0 aromatic rings. The van der Waals surface area contributed by atoms with Gasteiger partial charge in [0.05, 0.1) is 24.2 Å². The predicted molar refractivity (Wildman–Crippen MR) is 172 cm³/mol. The Morgan fingerprint density at radius 3 is 2.24 bits per heavy atom. The number of primary amides is 1. The van der Waals surface area contributed by atoms with Gasteiger partial charge in [-0.1, -0.05) is 73.6 Å². The largest absolute Gasteiger partial charge is 0.481 e. The van der Waals surface area contributed by atoms with E-state index in [1.165, 1.54) is 25.2 Å². The molecular weight excluding hydrogens is 645 g/mol. The molecule has 0 heterocycles. The molecule has 1 amide bonds. The van der Waals surface area contributed by atoms with Gasteiger partial charge in [-0.3, -0.25) is 9.59 Å². The van der Waals surface area contributed by atoms with Crippen LogP contribution in [0.2, 0.25) is 0 Å². The number of ketones is 1. The van der Waals surface area contributed by atoms with Crippen molar-refractivity contribution in [3.05, 3.63) is 71.4 Å². The minimum absolute atomic E-state index is 0.0343. The second kappa shape index (κ2) is 20.8. The molecule has 1 aliphatic carbocycles. The topological polar surface area (TPSA) is 214 Å².